The zero-order valence-electron chi connectivity index (χ0n) is 15.0. The summed E-state index contributed by atoms with van der Waals surface area (Å²) in [5.41, 5.74) is 5.94. The van der Waals surface area contributed by atoms with Gasteiger partial charge in [-0.3, -0.25) is 4.98 Å². The molecule has 4 aromatic rings. The fraction of sp³-hybridized carbons (Fsp3) is 0.304. The third kappa shape index (κ3) is 2.59. The molecule has 0 spiro atoms. The molecule has 0 unspecified atom stereocenters. The summed E-state index contributed by atoms with van der Waals surface area (Å²) in [4.78, 5) is 9.48. The highest BCUT2D eigenvalue weighted by Gasteiger charge is 2.19. The molecule has 0 saturated heterocycles. The Morgan fingerprint density at radius 2 is 1.81 bits per heavy atom. The molecule has 26 heavy (non-hydrogen) atoms. The maximum absolute atomic E-state index is 6.25. The quantitative estimate of drug-likeness (QED) is 0.423. The third-order valence-corrected chi connectivity index (χ3v) is 5.60. The predicted octanol–water partition coefficient (Wildman–Crippen LogP) is 6.40. The van der Waals surface area contributed by atoms with Gasteiger partial charge in [0, 0.05) is 34.1 Å². The Bertz CT molecular complexity index is 1070. The summed E-state index contributed by atoms with van der Waals surface area (Å²) in [6.07, 6.45) is 8.38. The SMILES string of the molecule is Cc1ccc(-c2cccc3c2oc2nc(C4CCCCC4)ccc23)nc1. The molecular weight excluding hydrogens is 320 g/mol. The van der Waals surface area contributed by atoms with Gasteiger partial charge in [-0.15, -0.1) is 0 Å². The van der Waals surface area contributed by atoms with Gasteiger partial charge in [0.1, 0.15) is 5.58 Å². The van der Waals surface area contributed by atoms with Gasteiger partial charge in [-0.2, -0.15) is 0 Å². The van der Waals surface area contributed by atoms with Crippen LogP contribution in [0.1, 0.15) is 49.3 Å². The van der Waals surface area contributed by atoms with Crippen molar-refractivity contribution in [2.75, 3.05) is 0 Å². The van der Waals surface area contributed by atoms with Crippen molar-refractivity contribution in [3.05, 3.63) is 59.9 Å². The normalized spacial score (nSPS) is 15.7. The Kier molecular flexibility index (Phi) is 3.74. The van der Waals surface area contributed by atoms with E-state index in [9.17, 15) is 0 Å². The number of aryl methyl sites for hydroxylation is 1. The van der Waals surface area contributed by atoms with Crippen LogP contribution in [-0.2, 0) is 0 Å². The minimum absolute atomic E-state index is 0.583. The van der Waals surface area contributed by atoms with Crippen LogP contribution in [0.3, 0.4) is 0 Å². The number of para-hydroxylation sites is 1. The second kappa shape index (κ2) is 6.24. The number of fused-ring (bicyclic) bond motifs is 3. The number of hydrogen-bond donors (Lipinski definition) is 0. The maximum atomic E-state index is 6.25. The van der Waals surface area contributed by atoms with Crippen molar-refractivity contribution in [1.29, 1.82) is 0 Å². The molecule has 0 radical (unpaired) electrons. The van der Waals surface area contributed by atoms with Crippen LogP contribution in [0.2, 0.25) is 0 Å². The first-order chi connectivity index (χ1) is 12.8. The van der Waals surface area contributed by atoms with E-state index in [1.54, 1.807) is 0 Å². The Labute approximate surface area is 153 Å². The molecule has 3 heterocycles. The second-order valence-electron chi connectivity index (χ2n) is 7.43. The molecule has 1 fully saturated rings. The summed E-state index contributed by atoms with van der Waals surface area (Å²) in [6.45, 7) is 2.05. The summed E-state index contributed by atoms with van der Waals surface area (Å²) in [5.74, 6) is 0.583. The lowest BCUT2D eigenvalue weighted by Crippen LogP contribution is -2.06. The molecule has 3 heteroatoms. The van der Waals surface area contributed by atoms with Crippen molar-refractivity contribution in [3.8, 4) is 11.3 Å². The number of furan rings is 1. The second-order valence-corrected chi connectivity index (χ2v) is 7.43. The topological polar surface area (TPSA) is 38.9 Å². The predicted molar refractivity (Wildman–Crippen MR) is 105 cm³/mol. The summed E-state index contributed by atoms with van der Waals surface area (Å²) in [7, 11) is 0. The van der Waals surface area contributed by atoms with Crippen LogP contribution in [0.15, 0.2) is 53.1 Å². The smallest absolute Gasteiger partial charge is 0.227 e. The van der Waals surface area contributed by atoms with E-state index in [0.29, 0.717) is 5.92 Å². The van der Waals surface area contributed by atoms with E-state index in [2.05, 4.69) is 54.4 Å². The molecule has 0 N–H and O–H groups in total. The van der Waals surface area contributed by atoms with Crippen molar-refractivity contribution in [2.24, 2.45) is 0 Å². The van der Waals surface area contributed by atoms with Gasteiger partial charge in [-0.05, 0) is 49.6 Å². The lowest BCUT2D eigenvalue weighted by molar-refractivity contribution is 0.436. The maximum Gasteiger partial charge on any atom is 0.227 e. The fourth-order valence-electron chi connectivity index (χ4n) is 4.15. The molecule has 0 bridgehead atoms. The van der Waals surface area contributed by atoms with Crippen LogP contribution in [-0.4, -0.2) is 9.97 Å². The van der Waals surface area contributed by atoms with E-state index in [1.165, 1.54) is 37.8 Å². The molecule has 1 saturated carbocycles. The van der Waals surface area contributed by atoms with Gasteiger partial charge in [0.05, 0.1) is 5.69 Å². The highest BCUT2D eigenvalue weighted by molar-refractivity contribution is 6.08. The largest absolute Gasteiger partial charge is 0.437 e. The first-order valence-corrected chi connectivity index (χ1v) is 9.55. The third-order valence-electron chi connectivity index (χ3n) is 5.60. The van der Waals surface area contributed by atoms with E-state index in [1.807, 2.05) is 6.20 Å². The van der Waals surface area contributed by atoms with E-state index < -0.39 is 0 Å². The van der Waals surface area contributed by atoms with Crippen molar-refractivity contribution in [3.63, 3.8) is 0 Å². The average molecular weight is 342 g/mol. The van der Waals surface area contributed by atoms with Gasteiger partial charge in [0.2, 0.25) is 5.71 Å². The van der Waals surface area contributed by atoms with Crippen LogP contribution in [0.4, 0.5) is 0 Å². The van der Waals surface area contributed by atoms with E-state index in [-0.39, 0.29) is 0 Å². The van der Waals surface area contributed by atoms with Gasteiger partial charge in [0.25, 0.3) is 0 Å². The highest BCUT2D eigenvalue weighted by Crippen LogP contribution is 2.37. The molecule has 0 aliphatic heterocycles. The lowest BCUT2D eigenvalue weighted by Gasteiger charge is -2.20. The first kappa shape index (κ1) is 15.6. The Balaban J connectivity index is 1.66. The number of pyridine rings is 2. The zero-order chi connectivity index (χ0) is 17.5. The molecule has 0 atom stereocenters. The lowest BCUT2D eigenvalue weighted by atomic mass is 9.86. The van der Waals surface area contributed by atoms with Gasteiger partial charge in [-0.1, -0.05) is 37.5 Å². The van der Waals surface area contributed by atoms with Crippen LogP contribution < -0.4 is 0 Å². The van der Waals surface area contributed by atoms with Crippen LogP contribution in [0.25, 0.3) is 33.3 Å². The monoisotopic (exact) mass is 342 g/mol. The van der Waals surface area contributed by atoms with Gasteiger partial charge in [0.15, 0.2) is 0 Å². The zero-order valence-corrected chi connectivity index (χ0v) is 15.0. The minimum Gasteiger partial charge on any atom is -0.437 e. The Morgan fingerprint density at radius 3 is 2.62 bits per heavy atom. The first-order valence-electron chi connectivity index (χ1n) is 9.55. The van der Waals surface area contributed by atoms with Gasteiger partial charge < -0.3 is 4.42 Å². The number of benzene rings is 1. The summed E-state index contributed by atoms with van der Waals surface area (Å²) >= 11 is 0. The number of rotatable bonds is 2. The number of nitrogens with zero attached hydrogens (tertiary/aromatic N) is 2. The van der Waals surface area contributed by atoms with Crippen LogP contribution in [0, 0.1) is 6.92 Å². The van der Waals surface area contributed by atoms with Crippen molar-refractivity contribution in [1.82, 2.24) is 9.97 Å². The minimum atomic E-state index is 0.583. The van der Waals surface area contributed by atoms with Crippen molar-refractivity contribution in [2.45, 2.75) is 44.9 Å². The molecule has 1 aliphatic carbocycles. The molecule has 3 nitrogen and oxygen atoms in total. The molecule has 0 amide bonds. The van der Waals surface area contributed by atoms with E-state index in [0.717, 1.165) is 38.9 Å². The summed E-state index contributed by atoms with van der Waals surface area (Å²) in [5, 5.41) is 2.20. The number of aromatic nitrogens is 2. The molecule has 1 aliphatic rings. The van der Waals surface area contributed by atoms with Gasteiger partial charge in [-0.25, -0.2) is 4.98 Å². The van der Waals surface area contributed by atoms with Gasteiger partial charge >= 0.3 is 0 Å². The van der Waals surface area contributed by atoms with Crippen molar-refractivity contribution >= 4 is 22.1 Å². The Hall–Kier alpha value is -2.68. The molecule has 130 valence electrons. The van der Waals surface area contributed by atoms with Crippen LogP contribution >= 0.6 is 0 Å². The average Bonchev–Trinajstić information content (AvgIpc) is 3.07. The number of hydrogen-bond acceptors (Lipinski definition) is 3. The summed E-state index contributed by atoms with van der Waals surface area (Å²) < 4.78 is 6.25. The highest BCUT2D eigenvalue weighted by atomic mass is 16.3. The molecular formula is C23H22N2O. The molecule has 3 aromatic heterocycles. The van der Waals surface area contributed by atoms with E-state index >= 15 is 0 Å². The molecule has 5 rings (SSSR count). The summed E-state index contributed by atoms with van der Waals surface area (Å²) in [6, 6.07) is 14.8. The van der Waals surface area contributed by atoms with Crippen molar-refractivity contribution < 1.29 is 4.42 Å². The van der Waals surface area contributed by atoms with E-state index in [4.69, 9.17) is 9.40 Å². The molecule has 1 aromatic carbocycles. The van der Waals surface area contributed by atoms with Crippen LogP contribution in [0.5, 0.6) is 0 Å². The fourth-order valence-corrected chi connectivity index (χ4v) is 4.15. The standard InChI is InChI=1S/C23H22N2O/c1-15-10-12-21(24-14-15)19-9-5-8-17-18-11-13-20(16-6-3-2-4-7-16)25-23(18)26-22(17)19/h5,8-14,16H,2-4,6-7H2,1H3. The Morgan fingerprint density at radius 1 is 0.923 bits per heavy atom.